The van der Waals surface area contributed by atoms with E-state index in [0.29, 0.717) is 13.1 Å². The fourth-order valence-corrected chi connectivity index (χ4v) is 3.71. The predicted octanol–water partition coefficient (Wildman–Crippen LogP) is 4.07. The zero-order chi connectivity index (χ0) is 21.3. The summed E-state index contributed by atoms with van der Waals surface area (Å²) < 4.78 is 10.7. The highest BCUT2D eigenvalue weighted by Gasteiger charge is 2.17. The van der Waals surface area contributed by atoms with Gasteiger partial charge in [0.15, 0.2) is 0 Å². The first kappa shape index (κ1) is 22.1. The molecule has 1 aliphatic rings. The maximum atomic E-state index is 13.2. The van der Waals surface area contributed by atoms with Crippen molar-refractivity contribution in [2.45, 2.75) is 26.8 Å². The lowest BCUT2D eigenvalue weighted by molar-refractivity contribution is 0.0365. The molecule has 2 aromatic carbocycles. The number of nitrogens with zero attached hydrogens (tertiary/aromatic N) is 2. The summed E-state index contributed by atoms with van der Waals surface area (Å²) in [5, 5.41) is 3.14. The zero-order valence-electron chi connectivity index (χ0n) is 18.3. The molecule has 2 aromatic rings. The van der Waals surface area contributed by atoms with E-state index in [1.54, 1.807) is 7.11 Å². The highest BCUT2D eigenvalue weighted by molar-refractivity contribution is 5.91. The Balaban J connectivity index is 1.67. The van der Waals surface area contributed by atoms with E-state index >= 15 is 0 Å². The number of carbonyl (C=O) groups is 1. The number of amides is 2. The predicted molar refractivity (Wildman–Crippen MR) is 120 cm³/mol. The molecule has 6 heteroatoms. The first-order valence-corrected chi connectivity index (χ1v) is 10.6. The Morgan fingerprint density at radius 2 is 1.77 bits per heavy atom. The number of morpholine rings is 1. The Morgan fingerprint density at radius 3 is 2.40 bits per heavy atom. The van der Waals surface area contributed by atoms with Gasteiger partial charge in [0.2, 0.25) is 0 Å². The molecule has 0 radical (unpaired) electrons. The number of anilines is 1. The molecule has 0 atom stereocenters. The molecular weight excluding hydrogens is 378 g/mol. The number of methoxy groups -OCH3 is 1. The lowest BCUT2D eigenvalue weighted by Gasteiger charge is -2.29. The molecule has 0 bridgehead atoms. The third-order valence-electron chi connectivity index (χ3n) is 5.54. The molecule has 1 fully saturated rings. The van der Waals surface area contributed by atoms with Crippen molar-refractivity contribution in [2.24, 2.45) is 0 Å². The smallest absolute Gasteiger partial charge is 0.322 e. The van der Waals surface area contributed by atoms with Gasteiger partial charge in [0, 0.05) is 38.4 Å². The fourth-order valence-electron chi connectivity index (χ4n) is 3.71. The third-order valence-corrected chi connectivity index (χ3v) is 5.54. The van der Waals surface area contributed by atoms with Crippen LogP contribution in [0.3, 0.4) is 0 Å². The van der Waals surface area contributed by atoms with Crippen LogP contribution >= 0.6 is 0 Å². The number of aryl methyl sites for hydroxylation is 2. The van der Waals surface area contributed by atoms with Gasteiger partial charge in [-0.15, -0.1) is 0 Å². The summed E-state index contributed by atoms with van der Waals surface area (Å²) in [6.45, 7) is 9.79. The van der Waals surface area contributed by atoms with Gasteiger partial charge in [-0.1, -0.05) is 30.3 Å². The molecule has 1 saturated heterocycles. The molecule has 0 saturated carbocycles. The Hall–Kier alpha value is -2.57. The van der Waals surface area contributed by atoms with Crippen molar-refractivity contribution < 1.29 is 14.3 Å². The van der Waals surface area contributed by atoms with Crippen molar-refractivity contribution in [1.82, 2.24) is 9.80 Å². The van der Waals surface area contributed by atoms with Crippen LogP contribution in [-0.4, -0.2) is 62.3 Å². The molecule has 6 nitrogen and oxygen atoms in total. The van der Waals surface area contributed by atoms with E-state index in [1.807, 2.05) is 61.2 Å². The lowest BCUT2D eigenvalue weighted by Crippen LogP contribution is -2.40. The third kappa shape index (κ3) is 6.21. The fraction of sp³-hybridized carbons (Fsp3) is 0.458. The maximum absolute atomic E-state index is 13.2. The van der Waals surface area contributed by atoms with Crippen LogP contribution in [0.15, 0.2) is 42.5 Å². The van der Waals surface area contributed by atoms with Gasteiger partial charge in [-0.3, -0.25) is 4.90 Å². The molecule has 2 amide bonds. The van der Waals surface area contributed by atoms with E-state index in [-0.39, 0.29) is 6.03 Å². The van der Waals surface area contributed by atoms with E-state index in [9.17, 15) is 4.79 Å². The van der Waals surface area contributed by atoms with Crippen LogP contribution < -0.4 is 10.1 Å². The summed E-state index contributed by atoms with van der Waals surface area (Å²) >= 11 is 0. The Labute approximate surface area is 179 Å². The Bertz CT molecular complexity index is 797. The second-order valence-electron chi connectivity index (χ2n) is 7.77. The zero-order valence-corrected chi connectivity index (χ0v) is 18.3. The van der Waals surface area contributed by atoms with Crippen molar-refractivity contribution in [3.63, 3.8) is 0 Å². The number of hydrogen-bond donors (Lipinski definition) is 1. The molecule has 1 aliphatic heterocycles. The van der Waals surface area contributed by atoms with E-state index < -0.39 is 0 Å². The number of urea groups is 1. The maximum Gasteiger partial charge on any atom is 0.322 e. The SMILES string of the molecule is COc1ccc(CN(CCCN2CCOCC2)C(=O)Nc2c(C)cccc2C)cc1. The molecule has 3 rings (SSSR count). The monoisotopic (exact) mass is 411 g/mol. The number of benzene rings is 2. The van der Waals surface area contributed by atoms with Crippen molar-refractivity contribution in [1.29, 1.82) is 0 Å². The number of rotatable bonds is 8. The van der Waals surface area contributed by atoms with E-state index in [2.05, 4.69) is 10.2 Å². The van der Waals surface area contributed by atoms with Crippen LogP contribution in [0.1, 0.15) is 23.1 Å². The van der Waals surface area contributed by atoms with Gasteiger partial charge >= 0.3 is 6.03 Å². The number of ether oxygens (including phenoxy) is 2. The highest BCUT2D eigenvalue weighted by atomic mass is 16.5. The molecule has 0 unspecified atom stereocenters. The van der Waals surface area contributed by atoms with Crippen LogP contribution in [-0.2, 0) is 11.3 Å². The number of para-hydroxylation sites is 1. The first-order valence-electron chi connectivity index (χ1n) is 10.6. The summed E-state index contributed by atoms with van der Waals surface area (Å²) in [5.41, 5.74) is 4.12. The normalized spacial score (nSPS) is 14.4. The average Bonchev–Trinajstić information content (AvgIpc) is 2.77. The minimum atomic E-state index is -0.0646. The molecular formula is C24H33N3O3. The summed E-state index contributed by atoms with van der Waals surface area (Å²) in [7, 11) is 1.66. The van der Waals surface area contributed by atoms with Gasteiger partial charge in [-0.05, 0) is 49.1 Å². The quantitative estimate of drug-likeness (QED) is 0.712. The van der Waals surface area contributed by atoms with Crippen LogP contribution in [0, 0.1) is 13.8 Å². The second kappa shape index (κ2) is 11.0. The Kier molecular flexibility index (Phi) is 8.11. The molecule has 0 spiro atoms. The number of nitrogens with one attached hydrogen (secondary N) is 1. The first-order chi connectivity index (χ1) is 14.6. The topological polar surface area (TPSA) is 54.0 Å². The molecule has 0 aromatic heterocycles. The molecule has 1 heterocycles. The molecule has 162 valence electrons. The van der Waals surface area contributed by atoms with E-state index in [1.165, 1.54) is 0 Å². The van der Waals surface area contributed by atoms with Crippen LogP contribution in [0.2, 0.25) is 0 Å². The summed E-state index contributed by atoms with van der Waals surface area (Å²) in [5.74, 6) is 0.817. The summed E-state index contributed by atoms with van der Waals surface area (Å²) in [6, 6.07) is 13.9. The van der Waals surface area contributed by atoms with Crippen LogP contribution in [0.5, 0.6) is 5.75 Å². The Morgan fingerprint density at radius 1 is 1.10 bits per heavy atom. The molecule has 1 N–H and O–H groups in total. The minimum Gasteiger partial charge on any atom is -0.497 e. The van der Waals surface area contributed by atoms with Crippen molar-refractivity contribution in [3.05, 3.63) is 59.2 Å². The number of carbonyl (C=O) groups excluding carboxylic acids is 1. The van der Waals surface area contributed by atoms with Crippen LogP contribution in [0.4, 0.5) is 10.5 Å². The molecule has 0 aliphatic carbocycles. The number of hydrogen-bond acceptors (Lipinski definition) is 4. The minimum absolute atomic E-state index is 0.0646. The average molecular weight is 412 g/mol. The largest absolute Gasteiger partial charge is 0.497 e. The summed E-state index contributed by atoms with van der Waals surface area (Å²) in [6.07, 6.45) is 0.927. The van der Waals surface area contributed by atoms with Crippen LogP contribution in [0.25, 0.3) is 0 Å². The van der Waals surface area contributed by atoms with Crippen molar-refractivity contribution >= 4 is 11.7 Å². The lowest BCUT2D eigenvalue weighted by atomic mass is 10.1. The van der Waals surface area contributed by atoms with Crippen molar-refractivity contribution in [2.75, 3.05) is 51.8 Å². The van der Waals surface area contributed by atoms with Gasteiger partial charge in [0.05, 0.1) is 20.3 Å². The summed E-state index contributed by atoms with van der Waals surface area (Å²) in [4.78, 5) is 17.5. The van der Waals surface area contributed by atoms with Gasteiger partial charge in [-0.25, -0.2) is 4.79 Å². The van der Waals surface area contributed by atoms with E-state index in [0.717, 1.165) is 67.4 Å². The van der Waals surface area contributed by atoms with E-state index in [4.69, 9.17) is 9.47 Å². The van der Waals surface area contributed by atoms with Gasteiger partial charge in [-0.2, -0.15) is 0 Å². The van der Waals surface area contributed by atoms with Crippen molar-refractivity contribution in [3.8, 4) is 5.75 Å². The second-order valence-corrected chi connectivity index (χ2v) is 7.77. The van der Waals surface area contributed by atoms with Gasteiger partial charge < -0.3 is 19.7 Å². The standard InChI is InChI=1S/C24H33N3O3/c1-19-6-4-7-20(2)23(19)25-24(28)27(13-5-12-26-14-16-30-17-15-26)18-21-8-10-22(29-3)11-9-21/h4,6-11H,5,12-18H2,1-3H3,(H,25,28). The van der Waals surface area contributed by atoms with Gasteiger partial charge in [0.25, 0.3) is 0 Å². The highest BCUT2D eigenvalue weighted by Crippen LogP contribution is 2.21. The molecule has 30 heavy (non-hydrogen) atoms. The van der Waals surface area contributed by atoms with Gasteiger partial charge in [0.1, 0.15) is 5.75 Å².